The zero-order valence-electron chi connectivity index (χ0n) is 14.9. The fourth-order valence-electron chi connectivity index (χ4n) is 2.77. The molecule has 1 aromatic heterocycles. The summed E-state index contributed by atoms with van der Waals surface area (Å²) in [5.41, 5.74) is 0.227. The van der Waals surface area contributed by atoms with Crippen molar-refractivity contribution >= 4 is 23.5 Å². The standard InChI is InChI=1S/C17H22N2O7/c1-23-13-8-14(18-9-12(13)19-15(20)17(22)25-3)26-11-6-4-10(5-7-11)16(21)24-2/h8-11H,4-7H2,1-3H3,(H,19,20)/t10-,11+. The average molecular weight is 366 g/mol. The van der Waals surface area contributed by atoms with Gasteiger partial charge in [0.05, 0.1) is 33.4 Å². The van der Waals surface area contributed by atoms with E-state index in [1.54, 1.807) is 0 Å². The molecular weight excluding hydrogens is 344 g/mol. The van der Waals surface area contributed by atoms with Gasteiger partial charge in [0.15, 0.2) is 0 Å². The monoisotopic (exact) mass is 366 g/mol. The second-order valence-electron chi connectivity index (χ2n) is 5.78. The van der Waals surface area contributed by atoms with Gasteiger partial charge in [0, 0.05) is 6.07 Å². The predicted molar refractivity (Wildman–Crippen MR) is 89.8 cm³/mol. The molecule has 1 amide bonds. The number of nitrogens with one attached hydrogen (secondary N) is 1. The van der Waals surface area contributed by atoms with Gasteiger partial charge in [-0.3, -0.25) is 9.59 Å². The Labute approximate surface area is 151 Å². The van der Waals surface area contributed by atoms with Crippen LogP contribution in [0.15, 0.2) is 12.3 Å². The van der Waals surface area contributed by atoms with E-state index in [4.69, 9.17) is 14.2 Å². The molecule has 0 saturated heterocycles. The average Bonchev–Trinajstić information content (AvgIpc) is 2.68. The van der Waals surface area contributed by atoms with E-state index in [1.807, 2.05) is 0 Å². The maximum atomic E-state index is 11.6. The van der Waals surface area contributed by atoms with Crippen LogP contribution in [0.4, 0.5) is 5.69 Å². The van der Waals surface area contributed by atoms with Gasteiger partial charge < -0.3 is 24.3 Å². The molecule has 1 saturated carbocycles. The van der Waals surface area contributed by atoms with Crippen LogP contribution in [0.1, 0.15) is 25.7 Å². The first-order valence-corrected chi connectivity index (χ1v) is 8.16. The van der Waals surface area contributed by atoms with E-state index in [0.29, 0.717) is 37.3 Å². The summed E-state index contributed by atoms with van der Waals surface area (Å²) in [6, 6.07) is 1.53. The number of amides is 1. The Morgan fingerprint density at radius 1 is 1.08 bits per heavy atom. The largest absolute Gasteiger partial charge is 0.494 e. The Morgan fingerprint density at radius 3 is 2.35 bits per heavy atom. The van der Waals surface area contributed by atoms with Gasteiger partial charge in [-0.15, -0.1) is 0 Å². The normalized spacial score (nSPS) is 19.2. The Bertz CT molecular complexity index is 669. The number of carbonyl (C=O) groups is 3. The molecule has 0 radical (unpaired) electrons. The van der Waals surface area contributed by atoms with Crippen molar-refractivity contribution in [2.24, 2.45) is 5.92 Å². The molecule has 0 aromatic carbocycles. The van der Waals surface area contributed by atoms with Crippen molar-refractivity contribution in [3.05, 3.63) is 12.3 Å². The SMILES string of the molecule is COC(=O)C(=O)Nc1cnc(O[C@H]2CC[C@@H](C(=O)OC)CC2)cc1OC. The molecule has 1 aromatic rings. The summed E-state index contributed by atoms with van der Waals surface area (Å²) >= 11 is 0. The third-order valence-electron chi connectivity index (χ3n) is 4.18. The van der Waals surface area contributed by atoms with Gasteiger partial charge in [0.2, 0.25) is 5.88 Å². The Balaban J connectivity index is 1.98. The molecule has 2 rings (SSSR count). The highest BCUT2D eigenvalue weighted by molar-refractivity contribution is 6.37. The minimum Gasteiger partial charge on any atom is -0.494 e. The van der Waals surface area contributed by atoms with E-state index in [2.05, 4.69) is 15.0 Å². The van der Waals surface area contributed by atoms with Gasteiger partial charge >= 0.3 is 17.8 Å². The highest BCUT2D eigenvalue weighted by Gasteiger charge is 2.28. The van der Waals surface area contributed by atoms with Crippen molar-refractivity contribution in [3.8, 4) is 11.6 Å². The number of anilines is 1. The number of aromatic nitrogens is 1. The minimum absolute atomic E-state index is 0.0661. The molecule has 9 nitrogen and oxygen atoms in total. The smallest absolute Gasteiger partial charge is 0.396 e. The Kier molecular flexibility index (Phi) is 6.76. The summed E-state index contributed by atoms with van der Waals surface area (Å²) in [6.45, 7) is 0. The molecule has 0 spiro atoms. The number of esters is 2. The van der Waals surface area contributed by atoms with Crippen LogP contribution in [0.2, 0.25) is 0 Å². The molecule has 0 unspecified atom stereocenters. The zero-order chi connectivity index (χ0) is 19.1. The van der Waals surface area contributed by atoms with Crippen LogP contribution in [0.3, 0.4) is 0 Å². The number of nitrogens with zero attached hydrogens (tertiary/aromatic N) is 1. The third kappa shape index (κ3) is 4.84. The zero-order valence-corrected chi connectivity index (χ0v) is 14.9. The number of rotatable bonds is 5. The van der Waals surface area contributed by atoms with E-state index in [-0.39, 0.29) is 23.7 Å². The molecule has 0 atom stereocenters. The van der Waals surface area contributed by atoms with Crippen molar-refractivity contribution < 1.29 is 33.3 Å². The molecule has 1 aliphatic rings. The van der Waals surface area contributed by atoms with E-state index < -0.39 is 11.9 Å². The van der Waals surface area contributed by atoms with Crippen LogP contribution in [0, 0.1) is 5.92 Å². The van der Waals surface area contributed by atoms with Gasteiger partial charge in [-0.25, -0.2) is 9.78 Å². The number of hydrogen-bond donors (Lipinski definition) is 1. The molecule has 1 fully saturated rings. The van der Waals surface area contributed by atoms with Crippen LogP contribution in [0.25, 0.3) is 0 Å². The van der Waals surface area contributed by atoms with Gasteiger partial charge in [0.1, 0.15) is 17.5 Å². The van der Waals surface area contributed by atoms with Crippen LogP contribution in [-0.4, -0.2) is 50.3 Å². The molecule has 9 heteroatoms. The fraction of sp³-hybridized carbons (Fsp3) is 0.529. The second kappa shape index (κ2) is 9.02. The van der Waals surface area contributed by atoms with E-state index in [9.17, 15) is 14.4 Å². The number of hydrogen-bond acceptors (Lipinski definition) is 8. The number of pyridine rings is 1. The van der Waals surface area contributed by atoms with Crippen molar-refractivity contribution in [1.82, 2.24) is 4.98 Å². The molecule has 1 aliphatic carbocycles. The van der Waals surface area contributed by atoms with Gasteiger partial charge in [-0.2, -0.15) is 0 Å². The van der Waals surface area contributed by atoms with Crippen molar-refractivity contribution in [3.63, 3.8) is 0 Å². The van der Waals surface area contributed by atoms with E-state index in [0.717, 1.165) is 7.11 Å². The number of ether oxygens (including phenoxy) is 4. The molecule has 26 heavy (non-hydrogen) atoms. The summed E-state index contributed by atoms with van der Waals surface area (Å²) in [5, 5.41) is 2.36. The summed E-state index contributed by atoms with van der Waals surface area (Å²) < 4.78 is 20.2. The lowest BCUT2D eigenvalue weighted by molar-refractivity contribution is -0.150. The van der Waals surface area contributed by atoms with E-state index >= 15 is 0 Å². The molecule has 1 N–H and O–H groups in total. The first kappa shape index (κ1) is 19.5. The Hall–Kier alpha value is -2.84. The van der Waals surface area contributed by atoms with Crippen molar-refractivity contribution in [2.75, 3.05) is 26.6 Å². The van der Waals surface area contributed by atoms with E-state index in [1.165, 1.54) is 26.5 Å². The van der Waals surface area contributed by atoms with Crippen LogP contribution < -0.4 is 14.8 Å². The van der Waals surface area contributed by atoms with Crippen LogP contribution in [-0.2, 0) is 23.9 Å². The summed E-state index contributed by atoms with van der Waals surface area (Å²) in [5.74, 6) is -1.58. The highest BCUT2D eigenvalue weighted by Crippen LogP contribution is 2.31. The molecule has 142 valence electrons. The van der Waals surface area contributed by atoms with Gasteiger partial charge in [-0.05, 0) is 25.7 Å². The van der Waals surface area contributed by atoms with Crippen LogP contribution >= 0.6 is 0 Å². The summed E-state index contributed by atoms with van der Waals surface area (Å²) in [7, 11) is 3.93. The molecular formula is C17H22N2O7. The first-order valence-electron chi connectivity index (χ1n) is 8.16. The lowest BCUT2D eigenvalue weighted by Gasteiger charge is -2.27. The third-order valence-corrected chi connectivity index (χ3v) is 4.18. The number of carbonyl (C=O) groups excluding carboxylic acids is 3. The van der Waals surface area contributed by atoms with Gasteiger partial charge in [0.25, 0.3) is 0 Å². The van der Waals surface area contributed by atoms with Crippen molar-refractivity contribution in [2.45, 2.75) is 31.8 Å². The fourth-order valence-corrected chi connectivity index (χ4v) is 2.77. The maximum Gasteiger partial charge on any atom is 0.396 e. The Morgan fingerprint density at radius 2 is 1.77 bits per heavy atom. The van der Waals surface area contributed by atoms with Crippen molar-refractivity contribution in [1.29, 1.82) is 0 Å². The lowest BCUT2D eigenvalue weighted by atomic mass is 9.87. The lowest BCUT2D eigenvalue weighted by Crippen LogP contribution is -2.28. The predicted octanol–water partition coefficient (Wildman–Crippen LogP) is 1.31. The van der Waals surface area contributed by atoms with Gasteiger partial charge in [-0.1, -0.05) is 0 Å². The quantitative estimate of drug-likeness (QED) is 0.613. The topological polar surface area (TPSA) is 113 Å². The molecule has 0 aliphatic heterocycles. The number of methoxy groups -OCH3 is 3. The molecule has 1 heterocycles. The maximum absolute atomic E-state index is 11.6. The first-order chi connectivity index (χ1) is 12.5. The minimum atomic E-state index is -1.02. The summed E-state index contributed by atoms with van der Waals surface area (Å²) in [6.07, 6.45) is 4.09. The highest BCUT2D eigenvalue weighted by atomic mass is 16.5. The second-order valence-corrected chi connectivity index (χ2v) is 5.78. The molecule has 0 bridgehead atoms. The van der Waals surface area contributed by atoms with Crippen LogP contribution in [0.5, 0.6) is 11.6 Å². The summed E-state index contributed by atoms with van der Waals surface area (Å²) in [4.78, 5) is 38.5.